The van der Waals surface area contributed by atoms with E-state index in [0.29, 0.717) is 30.9 Å². The molecule has 1 aromatic rings. The first-order chi connectivity index (χ1) is 10.1. The molecule has 0 aliphatic carbocycles. The number of rotatable bonds is 6. The van der Waals surface area contributed by atoms with Crippen molar-refractivity contribution in [1.82, 2.24) is 15.7 Å². The van der Waals surface area contributed by atoms with E-state index in [1.54, 1.807) is 0 Å². The number of nitrogens with zero attached hydrogens (tertiary/aromatic N) is 2. The van der Waals surface area contributed by atoms with Crippen LogP contribution in [0.25, 0.3) is 0 Å². The van der Waals surface area contributed by atoms with Crippen molar-refractivity contribution in [3.8, 4) is 0 Å². The third kappa shape index (κ3) is 5.74. The number of urea groups is 1. The van der Waals surface area contributed by atoms with Crippen molar-refractivity contribution in [2.24, 2.45) is 22.5 Å². The molecule has 0 aromatic carbocycles. The smallest absolute Gasteiger partial charge is 0.316 e. The summed E-state index contributed by atoms with van der Waals surface area (Å²) in [4.78, 5) is 26.3. The van der Waals surface area contributed by atoms with Crippen molar-refractivity contribution >= 4 is 23.5 Å². The van der Waals surface area contributed by atoms with Crippen LogP contribution in [0.5, 0.6) is 0 Å². The summed E-state index contributed by atoms with van der Waals surface area (Å²) in [6.45, 7) is 0.419. The molecule has 10 nitrogen and oxygen atoms in total. The van der Waals surface area contributed by atoms with Crippen LogP contribution in [-0.2, 0) is 0 Å². The molecule has 0 aliphatic rings. The fourth-order valence-electron chi connectivity index (χ4n) is 1.47. The van der Waals surface area contributed by atoms with E-state index in [9.17, 15) is 9.59 Å². The number of hydrazone groups is 1. The Kier molecular flexibility index (Phi) is 6.41. The van der Waals surface area contributed by atoms with Crippen LogP contribution in [0.3, 0.4) is 0 Å². The molecule has 114 valence electrons. The summed E-state index contributed by atoms with van der Waals surface area (Å²) in [6.07, 6.45) is 2.48. The Morgan fingerprint density at radius 2 is 2.10 bits per heavy atom. The third-order valence-electron chi connectivity index (χ3n) is 2.46. The average molecular weight is 294 g/mol. The number of primary amides is 1. The van der Waals surface area contributed by atoms with E-state index in [1.807, 2.05) is 0 Å². The minimum absolute atomic E-state index is 0.231. The highest BCUT2D eigenvalue weighted by atomic mass is 16.2. The van der Waals surface area contributed by atoms with Crippen molar-refractivity contribution in [1.29, 1.82) is 0 Å². The Bertz CT molecular complexity index is 513. The van der Waals surface area contributed by atoms with Gasteiger partial charge in [0.05, 0.1) is 11.9 Å². The van der Waals surface area contributed by atoms with Crippen LogP contribution < -0.4 is 33.5 Å². The molecule has 0 saturated carbocycles. The lowest BCUT2D eigenvalue weighted by molar-refractivity contribution is 0.0948. The van der Waals surface area contributed by atoms with Crippen molar-refractivity contribution in [2.45, 2.75) is 12.8 Å². The highest BCUT2D eigenvalue weighted by Crippen LogP contribution is 2.05. The van der Waals surface area contributed by atoms with E-state index in [4.69, 9.17) is 17.4 Å². The molecule has 1 aromatic heterocycles. The zero-order valence-corrected chi connectivity index (χ0v) is 11.3. The van der Waals surface area contributed by atoms with Crippen molar-refractivity contribution < 1.29 is 9.59 Å². The summed E-state index contributed by atoms with van der Waals surface area (Å²) in [7, 11) is 0. The van der Waals surface area contributed by atoms with Gasteiger partial charge in [-0.25, -0.2) is 15.6 Å². The number of carbonyl (C=O) groups excluding carboxylic acids is 2. The number of amides is 3. The Labute approximate surface area is 121 Å². The molecule has 0 radical (unpaired) electrons. The highest BCUT2D eigenvalue weighted by Gasteiger charge is 2.07. The number of nitrogens with one attached hydrogen (secondary N) is 3. The van der Waals surface area contributed by atoms with Crippen LogP contribution in [-0.4, -0.2) is 29.3 Å². The minimum Gasteiger partial charge on any atom is -0.351 e. The van der Waals surface area contributed by atoms with Crippen LogP contribution in [0.2, 0.25) is 0 Å². The SMILES string of the molecule is N/N=C(/CCCNC(=O)c1ccc(NC(N)=O)cn1)NN. The lowest BCUT2D eigenvalue weighted by Crippen LogP contribution is -2.32. The molecular weight excluding hydrogens is 276 g/mol. The monoisotopic (exact) mass is 294 g/mol. The molecule has 0 saturated heterocycles. The van der Waals surface area contributed by atoms with Gasteiger partial charge in [-0.1, -0.05) is 0 Å². The van der Waals surface area contributed by atoms with E-state index >= 15 is 0 Å². The fraction of sp³-hybridized carbons (Fsp3) is 0.273. The summed E-state index contributed by atoms with van der Waals surface area (Å²) in [5.41, 5.74) is 7.95. The Balaban J connectivity index is 2.40. The minimum atomic E-state index is -0.695. The molecule has 3 amide bonds. The average Bonchev–Trinajstić information content (AvgIpc) is 2.47. The van der Waals surface area contributed by atoms with Gasteiger partial charge in [-0.3, -0.25) is 4.79 Å². The van der Waals surface area contributed by atoms with E-state index in [1.165, 1.54) is 18.3 Å². The van der Waals surface area contributed by atoms with Gasteiger partial charge in [-0.2, -0.15) is 5.10 Å². The lowest BCUT2D eigenvalue weighted by atomic mass is 10.2. The molecule has 0 spiro atoms. The maximum absolute atomic E-state index is 11.8. The Morgan fingerprint density at radius 1 is 1.33 bits per heavy atom. The molecule has 1 rings (SSSR count). The summed E-state index contributed by atoms with van der Waals surface area (Å²) in [6, 6.07) is 2.32. The number of amidine groups is 1. The van der Waals surface area contributed by atoms with Crippen LogP contribution in [0.4, 0.5) is 10.5 Å². The van der Waals surface area contributed by atoms with Crippen molar-refractivity contribution in [3.63, 3.8) is 0 Å². The maximum atomic E-state index is 11.8. The van der Waals surface area contributed by atoms with E-state index in [2.05, 4.69) is 26.1 Å². The number of nitrogens with two attached hydrogens (primary N) is 3. The van der Waals surface area contributed by atoms with E-state index in [-0.39, 0.29) is 11.6 Å². The summed E-state index contributed by atoms with van der Waals surface area (Å²) in [5, 5.41) is 8.46. The van der Waals surface area contributed by atoms with E-state index < -0.39 is 6.03 Å². The normalized spacial score (nSPS) is 10.8. The van der Waals surface area contributed by atoms with Crippen molar-refractivity contribution in [2.75, 3.05) is 11.9 Å². The number of hydrogen-bond acceptors (Lipinski definition) is 6. The molecule has 9 N–H and O–H groups in total. The molecule has 0 fully saturated rings. The fourth-order valence-corrected chi connectivity index (χ4v) is 1.47. The number of anilines is 1. The first-order valence-electron chi connectivity index (χ1n) is 6.11. The first-order valence-corrected chi connectivity index (χ1v) is 6.11. The Morgan fingerprint density at radius 3 is 2.62 bits per heavy atom. The predicted octanol–water partition coefficient (Wildman–Crippen LogP) is -1.18. The van der Waals surface area contributed by atoms with Crippen molar-refractivity contribution in [3.05, 3.63) is 24.0 Å². The second-order valence-corrected chi connectivity index (χ2v) is 4.00. The van der Waals surface area contributed by atoms with Gasteiger partial charge in [0.2, 0.25) is 0 Å². The number of carbonyl (C=O) groups is 2. The molecular formula is C11H18N8O2. The molecule has 0 bridgehead atoms. The highest BCUT2D eigenvalue weighted by molar-refractivity contribution is 5.93. The molecule has 0 aliphatic heterocycles. The van der Waals surface area contributed by atoms with Gasteiger partial charge < -0.3 is 27.6 Å². The third-order valence-corrected chi connectivity index (χ3v) is 2.46. The first kappa shape index (κ1) is 16.2. The second-order valence-electron chi connectivity index (χ2n) is 4.00. The number of pyridine rings is 1. The maximum Gasteiger partial charge on any atom is 0.316 e. The van der Waals surface area contributed by atoms with Gasteiger partial charge in [-0.05, 0) is 18.6 Å². The predicted molar refractivity (Wildman–Crippen MR) is 78.0 cm³/mol. The van der Waals surface area contributed by atoms with Gasteiger partial charge in [0, 0.05) is 13.0 Å². The van der Waals surface area contributed by atoms with Crippen LogP contribution in [0.1, 0.15) is 23.3 Å². The van der Waals surface area contributed by atoms with Gasteiger partial charge in [0.1, 0.15) is 11.5 Å². The second kappa shape index (κ2) is 8.32. The standard InChI is InChI=1S/C11H18N8O2/c12-11(21)17-7-3-4-8(16-6-7)10(20)15-5-1-2-9(18-13)19-14/h3-4,6H,1-2,5,13-14H2,(H,15,20)(H,18,19)(H3,12,17,21). The Hall–Kier alpha value is -2.88. The number of hydrogen-bond donors (Lipinski definition) is 6. The largest absolute Gasteiger partial charge is 0.351 e. The number of aromatic nitrogens is 1. The van der Waals surface area contributed by atoms with Gasteiger partial charge in [-0.15, -0.1) is 0 Å². The lowest BCUT2D eigenvalue weighted by Gasteiger charge is -2.06. The topological polar surface area (TPSA) is 174 Å². The van der Waals surface area contributed by atoms with Crippen LogP contribution in [0.15, 0.2) is 23.4 Å². The van der Waals surface area contributed by atoms with Gasteiger partial charge in [0.15, 0.2) is 0 Å². The van der Waals surface area contributed by atoms with Crippen LogP contribution in [0, 0.1) is 0 Å². The molecule has 0 atom stereocenters. The summed E-state index contributed by atoms with van der Waals surface area (Å²) in [5.74, 6) is 10.4. The van der Waals surface area contributed by atoms with E-state index in [0.717, 1.165) is 0 Å². The van der Waals surface area contributed by atoms with Gasteiger partial charge in [0.25, 0.3) is 5.91 Å². The molecule has 0 unspecified atom stereocenters. The summed E-state index contributed by atoms with van der Waals surface area (Å²) < 4.78 is 0. The summed E-state index contributed by atoms with van der Waals surface area (Å²) >= 11 is 0. The zero-order valence-electron chi connectivity index (χ0n) is 11.3. The molecule has 1 heterocycles. The quantitative estimate of drug-likeness (QED) is 0.126. The van der Waals surface area contributed by atoms with Gasteiger partial charge >= 0.3 is 6.03 Å². The molecule has 10 heteroatoms. The number of hydrazine groups is 1. The zero-order chi connectivity index (χ0) is 15.7. The molecule has 21 heavy (non-hydrogen) atoms. The van der Waals surface area contributed by atoms with Crippen LogP contribution >= 0.6 is 0 Å².